The van der Waals surface area contributed by atoms with Crippen LogP contribution < -0.4 is 0 Å². The minimum Gasteiger partial charge on any atom is -0.469 e. The molecule has 2 aliphatic rings. The first kappa shape index (κ1) is 12.7. The second kappa shape index (κ2) is 4.37. The monoisotopic (exact) mass is 283 g/mol. The largest absolute Gasteiger partial charge is 0.469 e. The fourth-order valence-corrected chi connectivity index (χ4v) is 4.43. The van der Waals surface area contributed by atoms with Gasteiger partial charge in [0.1, 0.15) is 5.76 Å². The maximum atomic E-state index is 12.6. The Kier molecular flexibility index (Phi) is 2.92. The van der Waals surface area contributed by atoms with Gasteiger partial charge in [0.25, 0.3) is 5.91 Å². The first-order valence-electron chi connectivity index (χ1n) is 6.55. The first-order valence-corrected chi connectivity index (χ1v) is 8.37. The van der Waals surface area contributed by atoms with E-state index in [2.05, 4.69) is 0 Å². The Bertz CT molecular complexity index is 600. The van der Waals surface area contributed by atoms with E-state index < -0.39 is 9.84 Å². The number of furan rings is 1. The summed E-state index contributed by atoms with van der Waals surface area (Å²) in [7, 11) is -2.98. The van der Waals surface area contributed by atoms with E-state index in [1.54, 1.807) is 17.9 Å². The van der Waals surface area contributed by atoms with Crippen molar-refractivity contribution < 1.29 is 17.6 Å². The van der Waals surface area contributed by atoms with Crippen molar-refractivity contribution in [2.45, 2.75) is 38.3 Å². The average molecular weight is 283 g/mol. The van der Waals surface area contributed by atoms with Crippen molar-refractivity contribution in [2.75, 3.05) is 11.5 Å². The van der Waals surface area contributed by atoms with E-state index in [0.29, 0.717) is 17.7 Å². The van der Waals surface area contributed by atoms with Gasteiger partial charge >= 0.3 is 0 Å². The number of sulfone groups is 1. The zero-order valence-electron chi connectivity index (χ0n) is 10.8. The molecule has 19 heavy (non-hydrogen) atoms. The second-order valence-electron chi connectivity index (χ2n) is 5.39. The van der Waals surface area contributed by atoms with Crippen molar-refractivity contribution in [3.63, 3.8) is 0 Å². The third kappa shape index (κ3) is 2.41. The van der Waals surface area contributed by atoms with E-state index in [-0.39, 0.29) is 29.5 Å². The highest BCUT2D eigenvalue weighted by molar-refractivity contribution is 7.91. The Balaban J connectivity index is 1.86. The number of amides is 1. The molecular formula is C13H17NO4S. The maximum absolute atomic E-state index is 12.6. The molecule has 5 nitrogen and oxygen atoms in total. The van der Waals surface area contributed by atoms with E-state index >= 15 is 0 Å². The van der Waals surface area contributed by atoms with E-state index in [0.717, 1.165) is 12.8 Å². The van der Waals surface area contributed by atoms with E-state index in [4.69, 9.17) is 4.42 Å². The van der Waals surface area contributed by atoms with Gasteiger partial charge in [-0.2, -0.15) is 0 Å². The molecule has 0 N–H and O–H groups in total. The van der Waals surface area contributed by atoms with Crippen LogP contribution in [0.4, 0.5) is 0 Å². The molecule has 1 aliphatic carbocycles. The van der Waals surface area contributed by atoms with Crippen molar-refractivity contribution >= 4 is 15.7 Å². The van der Waals surface area contributed by atoms with Crippen LogP contribution in [0.15, 0.2) is 16.7 Å². The number of carbonyl (C=O) groups is 1. The zero-order valence-corrected chi connectivity index (χ0v) is 11.6. The summed E-state index contributed by atoms with van der Waals surface area (Å²) < 4.78 is 28.4. The summed E-state index contributed by atoms with van der Waals surface area (Å²) in [5.41, 5.74) is 0.552. The maximum Gasteiger partial charge on any atom is 0.257 e. The van der Waals surface area contributed by atoms with E-state index in [9.17, 15) is 13.2 Å². The highest BCUT2D eigenvalue weighted by Crippen LogP contribution is 2.34. The van der Waals surface area contributed by atoms with Crippen molar-refractivity contribution in [1.82, 2.24) is 4.90 Å². The predicted molar refractivity (Wildman–Crippen MR) is 69.7 cm³/mol. The third-order valence-electron chi connectivity index (χ3n) is 3.87. The highest BCUT2D eigenvalue weighted by atomic mass is 32.2. The molecule has 1 atom stereocenters. The predicted octanol–water partition coefficient (Wildman–Crippen LogP) is 1.38. The lowest BCUT2D eigenvalue weighted by Gasteiger charge is -2.28. The Morgan fingerprint density at radius 3 is 2.53 bits per heavy atom. The molecule has 2 fully saturated rings. The lowest BCUT2D eigenvalue weighted by atomic mass is 10.1. The third-order valence-corrected chi connectivity index (χ3v) is 5.62. The molecule has 1 saturated carbocycles. The van der Waals surface area contributed by atoms with Gasteiger partial charge < -0.3 is 9.32 Å². The van der Waals surface area contributed by atoms with Gasteiger partial charge in [-0.25, -0.2) is 8.42 Å². The number of carbonyl (C=O) groups excluding carboxylic acids is 1. The molecule has 1 amide bonds. The fourth-order valence-electron chi connectivity index (χ4n) is 2.72. The quantitative estimate of drug-likeness (QED) is 0.840. The molecule has 0 aromatic carbocycles. The summed E-state index contributed by atoms with van der Waals surface area (Å²) in [6.45, 7) is 1.75. The molecule has 1 aromatic rings. The molecule has 0 unspecified atom stereocenters. The number of hydrogen-bond donors (Lipinski definition) is 0. The van der Waals surface area contributed by atoms with Crippen molar-refractivity contribution in [3.05, 3.63) is 23.7 Å². The molecule has 2 heterocycles. The summed E-state index contributed by atoms with van der Waals surface area (Å²) in [6.07, 6.45) is 4.00. The lowest BCUT2D eigenvalue weighted by molar-refractivity contribution is 0.0679. The summed E-state index contributed by atoms with van der Waals surface area (Å²) >= 11 is 0. The van der Waals surface area contributed by atoms with Crippen LogP contribution >= 0.6 is 0 Å². The van der Waals surface area contributed by atoms with Crippen LogP contribution in [0.5, 0.6) is 0 Å². The van der Waals surface area contributed by atoms with E-state index in [1.807, 2.05) is 0 Å². The van der Waals surface area contributed by atoms with Crippen LogP contribution in [0.3, 0.4) is 0 Å². The Morgan fingerprint density at radius 2 is 2.05 bits per heavy atom. The molecule has 1 aromatic heterocycles. The Morgan fingerprint density at radius 1 is 1.32 bits per heavy atom. The summed E-state index contributed by atoms with van der Waals surface area (Å²) in [4.78, 5) is 14.4. The van der Waals surface area contributed by atoms with Crippen molar-refractivity contribution in [2.24, 2.45) is 0 Å². The van der Waals surface area contributed by atoms with Crippen molar-refractivity contribution in [1.29, 1.82) is 0 Å². The molecular weight excluding hydrogens is 266 g/mol. The Hall–Kier alpha value is -1.30. The number of rotatable bonds is 3. The minimum atomic E-state index is -2.98. The topological polar surface area (TPSA) is 67.6 Å². The molecule has 1 saturated heterocycles. The Labute approximate surface area is 112 Å². The highest BCUT2D eigenvalue weighted by Gasteiger charge is 2.42. The van der Waals surface area contributed by atoms with Gasteiger partial charge in [-0.15, -0.1) is 0 Å². The number of hydrogen-bond acceptors (Lipinski definition) is 4. The average Bonchev–Trinajstić information content (AvgIpc) is 2.97. The molecule has 0 bridgehead atoms. The number of nitrogens with zero attached hydrogens (tertiary/aromatic N) is 1. The van der Waals surface area contributed by atoms with Crippen LogP contribution in [0.1, 0.15) is 35.4 Å². The molecule has 3 rings (SSSR count). The standard InChI is InChI=1S/C13H17NO4S/c1-9-12(4-6-18-9)13(15)14(10-2-3-10)11-5-7-19(16,17)8-11/h4,6,10-11H,2-3,5,7-8H2,1H3/t11-/m0/s1. The van der Waals surface area contributed by atoms with Gasteiger partial charge in [0.05, 0.1) is 23.3 Å². The number of aryl methyl sites for hydroxylation is 1. The van der Waals surface area contributed by atoms with Crippen LogP contribution in [-0.4, -0.2) is 42.8 Å². The molecule has 0 spiro atoms. The van der Waals surface area contributed by atoms with Gasteiger partial charge in [0.15, 0.2) is 9.84 Å². The van der Waals surface area contributed by atoms with Crippen LogP contribution in [0, 0.1) is 6.92 Å². The lowest BCUT2D eigenvalue weighted by Crippen LogP contribution is -2.42. The van der Waals surface area contributed by atoms with Gasteiger partial charge in [-0.3, -0.25) is 4.79 Å². The second-order valence-corrected chi connectivity index (χ2v) is 7.62. The van der Waals surface area contributed by atoms with Gasteiger partial charge in [-0.1, -0.05) is 0 Å². The molecule has 1 aliphatic heterocycles. The first-order chi connectivity index (χ1) is 8.98. The van der Waals surface area contributed by atoms with Crippen LogP contribution in [0.25, 0.3) is 0 Å². The van der Waals surface area contributed by atoms with Gasteiger partial charge in [0.2, 0.25) is 0 Å². The van der Waals surface area contributed by atoms with Crippen LogP contribution in [0.2, 0.25) is 0 Å². The minimum absolute atomic E-state index is 0.0872. The smallest absolute Gasteiger partial charge is 0.257 e. The molecule has 0 radical (unpaired) electrons. The summed E-state index contributed by atoms with van der Waals surface area (Å²) in [5.74, 6) is 0.803. The van der Waals surface area contributed by atoms with Gasteiger partial charge in [-0.05, 0) is 32.3 Å². The fraction of sp³-hybridized carbons (Fsp3) is 0.615. The summed E-state index contributed by atoms with van der Waals surface area (Å²) in [5, 5.41) is 0. The van der Waals surface area contributed by atoms with Crippen LogP contribution in [-0.2, 0) is 9.84 Å². The SMILES string of the molecule is Cc1occc1C(=O)N(C1CC1)[C@H]1CCS(=O)(=O)C1. The normalized spacial score (nSPS) is 25.4. The molecule has 6 heteroatoms. The zero-order chi connectivity index (χ0) is 13.6. The van der Waals surface area contributed by atoms with Crippen molar-refractivity contribution in [3.8, 4) is 0 Å². The summed E-state index contributed by atoms with van der Waals surface area (Å²) in [6, 6.07) is 1.70. The van der Waals surface area contributed by atoms with E-state index in [1.165, 1.54) is 6.26 Å². The van der Waals surface area contributed by atoms with Gasteiger partial charge in [0, 0.05) is 12.1 Å². The molecule has 104 valence electrons.